The molecule has 102 valence electrons. The summed E-state index contributed by atoms with van der Waals surface area (Å²) in [4.78, 5) is 16.2. The zero-order valence-corrected chi connectivity index (χ0v) is 12.8. The summed E-state index contributed by atoms with van der Waals surface area (Å²) in [6.07, 6.45) is 0. The monoisotopic (exact) mass is 295 g/mol. The van der Waals surface area contributed by atoms with Crippen molar-refractivity contribution in [2.24, 2.45) is 0 Å². The van der Waals surface area contributed by atoms with Gasteiger partial charge in [0.15, 0.2) is 0 Å². The first-order valence-electron chi connectivity index (χ1n) is 6.06. The Balaban J connectivity index is 1.82. The smallest absolute Gasteiger partial charge is 0.319 e. The Kier molecular flexibility index (Phi) is 4.55. The van der Waals surface area contributed by atoms with Crippen molar-refractivity contribution < 1.29 is 4.79 Å². The first-order valence-corrected chi connectivity index (χ1v) is 7.88. The van der Waals surface area contributed by atoms with Crippen LogP contribution in [-0.4, -0.2) is 17.6 Å². The van der Waals surface area contributed by atoms with E-state index in [-0.39, 0.29) is 11.9 Å². The lowest BCUT2D eigenvalue weighted by molar-refractivity contribution is 0.251. The van der Waals surface area contributed by atoms with Crippen LogP contribution < -0.4 is 10.6 Å². The van der Waals surface area contributed by atoms with E-state index in [1.807, 2.05) is 30.0 Å². The molecule has 0 aromatic carbocycles. The van der Waals surface area contributed by atoms with E-state index in [0.29, 0.717) is 6.54 Å². The predicted molar refractivity (Wildman–Crippen MR) is 81.3 cm³/mol. The van der Waals surface area contributed by atoms with Gasteiger partial charge < -0.3 is 10.6 Å². The summed E-state index contributed by atoms with van der Waals surface area (Å²) in [6.45, 7) is 6.61. The molecule has 2 rings (SSSR count). The number of carbonyl (C=O) groups excluding carboxylic acids is 1. The minimum Gasteiger partial charge on any atom is -0.337 e. The minimum atomic E-state index is -0.165. The number of thiazole rings is 1. The molecule has 0 aliphatic carbocycles. The minimum absolute atomic E-state index is 0.165. The van der Waals surface area contributed by atoms with Crippen LogP contribution in [-0.2, 0) is 0 Å². The molecule has 0 fully saturated rings. The van der Waals surface area contributed by atoms with Gasteiger partial charge in [0.2, 0.25) is 0 Å². The maximum atomic E-state index is 11.8. The second-order valence-corrected chi connectivity index (χ2v) is 6.16. The normalized spacial score (nSPS) is 12.2. The molecule has 2 heterocycles. The standard InChI is InChI=1S/C13H17N3OS2/c1-8(12-15-10(3)6-19-12)4-14-13(17)16-11-7-18-5-9(11)2/h5-8H,4H2,1-3H3,(H2,14,16,17)/t8-/m1/s1. The van der Waals surface area contributed by atoms with Crippen molar-refractivity contribution in [3.05, 3.63) is 32.4 Å². The summed E-state index contributed by atoms with van der Waals surface area (Å²) in [5.41, 5.74) is 2.99. The second kappa shape index (κ2) is 6.16. The van der Waals surface area contributed by atoms with Crippen molar-refractivity contribution in [1.29, 1.82) is 0 Å². The summed E-state index contributed by atoms with van der Waals surface area (Å²) < 4.78 is 0. The van der Waals surface area contributed by atoms with E-state index in [0.717, 1.165) is 22.0 Å². The molecule has 2 aromatic heterocycles. The molecule has 4 nitrogen and oxygen atoms in total. The van der Waals surface area contributed by atoms with Crippen LogP contribution in [0.3, 0.4) is 0 Å². The largest absolute Gasteiger partial charge is 0.337 e. The maximum absolute atomic E-state index is 11.8. The van der Waals surface area contributed by atoms with Crippen molar-refractivity contribution in [2.45, 2.75) is 26.7 Å². The van der Waals surface area contributed by atoms with Gasteiger partial charge in [-0.05, 0) is 24.8 Å². The number of urea groups is 1. The highest BCUT2D eigenvalue weighted by Crippen LogP contribution is 2.20. The molecular formula is C13H17N3OS2. The van der Waals surface area contributed by atoms with Gasteiger partial charge in [-0.1, -0.05) is 6.92 Å². The van der Waals surface area contributed by atoms with Crippen molar-refractivity contribution in [1.82, 2.24) is 10.3 Å². The number of nitrogens with one attached hydrogen (secondary N) is 2. The highest BCUT2D eigenvalue weighted by Gasteiger charge is 2.11. The van der Waals surface area contributed by atoms with Gasteiger partial charge in [0, 0.05) is 28.9 Å². The Morgan fingerprint density at radius 3 is 2.74 bits per heavy atom. The number of thiophene rings is 1. The number of nitrogens with zero attached hydrogens (tertiary/aromatic N) is 1. The molecule has 2 N–H and O–H groups in total. The molecule has 0 aliphatic heterocycles. The van der Waals surface area contributed by atoms with Crippen LogP contribution in [0.4, 0.5) is 10.5 Å². The van der Waals surface area contributed by atoms with E-state index in [4.69, 9.17) is 0 Å². The maximum Gasteiger partial charge on any atom is 0.319 e. The van der Waals surface area contributed by atoms with Crippen LogP contribution in [0, 0.1) is 13.8 Å². The SMILES string of the molecule is Cc1csc([C@H](C)CNC(=O)Nc2cscc2C)n1. The Bertz CT molecular complexity index is 562. The van der Waals surface area contributed by atoms with Gasteiger partial charge >= 0.3 is 6.03 Å². The highest BCUT2D eigenvalue weighted by molar-refractivity contribution is 7.09. The number of aromatic nitrogens is 1. The molecule has 19 heavy (non-hydrogen) atoms. The molecule has 6 heteroatoms. The van der Waals surface area contributed by atoms with Gasteiger partial charge in [-0.25, -0.2) is 9.78 Å². The Labute approximate surface area is 120 Å². The van der Waals surface area contributed by atoms with Gasteiger partial charge in [-0.15, -0.1) is 22.7 Å². The van der Waals surface area contributed by atoms with Crippen LogP contribution in [0.15, 0.2) is 16.1 Å². The Morgan fingerprint density at radius 2 is 2.16 bits per heavy atom. The topological polar surface area (TPSA) is 54.0 Å². The molecule has 2 amide bonds. The molecule has 2 aromatic rings. The van der Waals surface area contributed by atoms with E-state index in [1.54, 1.807) is 22.7 Å². The Hall–Kier alpha value is -1.40. The number of aryl methyl sites for hydroxylation is 2. The fraction of sp³-hybridized carbons (Fsp3) is 0.385. The summed E-state index contributed by atoms with van der Waals surface area (Å²) in [5, 5.41) is 12.8. The lowest BCUT2D eigenvalue weighted by Crippen LogP contribution is -2.31. The molecule has 0 spiro atoms. The molecular weight excluding hydrogens is 278 g/mol. The van der Waals surface area contributed by atoms with Crippen LogP contribution in [0.5, 0.6) is 0 Å². The lowest BCUT2D eigenvalue weighted by Gasteiger charge is -2.11. The Morgan fingerprint density at radius 1 is 1.37 bits per heavy atom. The average Bonchev–Trinajstić information content (AvgIpc) is 2.96. The van der Waals surface area contributed by atoms with Gasteiger partial charge in [0.05, 0.1) is 10.7 Å². The average molecular weight is 295 g/mol. The van der Waals surface area contributed by atoms with Crippen molar-refractivity contribution in [3.63, 3.8) is 0 Å². The quantitative estimate of drug-likeness (QED) is 0.902. The summed E-state index contributed by atoms with van der Waals surface area (Å²) in [7, 11) is 0. The van der Waals surface area contributed by atoms with E-state index in [9.17, 15) is 4.79 Å². The van der Waals surface area contributed by atoms with Crippen LogP contribution in [0.2, 0.25) is 0 Å². The fourth-order valence-electron chi connectivity index (χ4n) is 1.59. The summed E-state index contributed by atoms with van der Waals surface area (Å²) in [6, 6.07) is -0.165. The number of carbonyl (C=O) groups is 1. The van der Waals surface area contributed by atoms with Crippen LogP contribution in [0.1, 0.15) is 29.1 Å². The molecule has 0 saturated heterocycles. The van der Waals surface area contributed by atoms with Gasteiger partial charge in [0.1, 0.15) is 0 Å². The van der Waals surface area contributed by atoms with Gasteiger partial charge in [-0.2, -0.15) is 0 Å². The van der Waals surface area contributed by atoms with Crippen molar-refractivity contribution in [3.8, 4) is 0 Å². The summed E-state index contributed by atoms with van der Waals surface area (Å²) in [5.74, 6) is 0.230. The zero-order chi connectivity index (χ0) is 13.8. The third kappa shape index (κ3) is 3.78. The second-order valence-electron chi connectivity index (χ2n) is 4.53. The van der Waals surface area contributed by atoms with Crippen molar-refractivity contribution >= 4 is 34.4 Å². The molecule has 0 aliphatic rings. The van der Waals surface area contributed by atoms with E-state index in [1.165, 1.54) is 0 Å². The lowest BCUT2D eigenvalue weighted by atomic mass is 10.2. The number of amides is 2. The molecule has 0 saturated carbocycles. The van der Waals surface area contributed by atoms with Gasteiger partial charge in [0.25, 0.3) is 0 Å². The molecule has 0 bridgehead atoms. The molecule has 0 radical (unpaired) electrons. The van der Waals surface area contributed by atoms with Crippen molar-refractivity contribution in [2.75, 3.05) is 11.9 Å². The summed E-state index contributed by atoms with van der Waals surface area (Å²) >= 11 is 3.22. The number of hydrogen-bond donors (Lipinski definition) is 2. The molecule has 1 atom stereocenters. The van der Waals surface area contributed by atoms with Crippen LogP contribution in [0.25, 0.3) is 0 Å². The van der Waals surface area contributed by atoms with E-state index in [2.05, 4.69) is 22.5 Å². The predicted octanol–water partition coefficient (Wildman–Crippen LogP) is 3.75. The first-order chi connectivity index (χ1) is 9.06. The number of rotatable bonds is 4. The number of anilines is 1. The fourth-order valence-corrected chi connectivity index (χ4v) is 3.22. The van der Waals surface area contributed by atoms with Crippen LogP contribution >= 0.6 is 22.7 Å². The van der Waals surface area contributed by atoms with Gasteiger partial charge in [-0.3, -0.25) is 0 Å². The van der Waals surface area contributed by atoms with E-state index < -0.39 is 0 Å². The third-order valence-corrected chi connectivity index (χ3v) is 4.79. The highest BCUT2D eigenvalue weighted by atomic mass is 32.1. The van der Waals surface area contributed by atoms with E-state index >= 15 is 0 Å². The zero-order valence-electron chi connectivity index (χ0n) is 11.2. The number of hydrogen-bond acceptors (Lipinski definition) is 4. The first kappa shape index (κ1) is 14.0. The molecule has 0 unspecified atom stereocenters. The third-order valence-electron chi connectivity index (χ3n) is 2.73.